The molecule has 2 heterocycles. The van der Waals surface area contributed by atoms with Crippen LogP contribution in [0.25, 0.3) is 0 Å². The third-order valence-corrected chi connectivity index (χ3v) is 4.60. The maximum atomic E-state index is 12.1. The molecule has 0 radical (unpaired) electrons. The van der Waals surface area contributed by atoms with E-state index in [0.717, 1.165) is 38.2 Å². The number of aliphatic imine (C=N–C) groups is 1. The first-order chi connectivity index (χ1) is 12.3. The molecular formula is C19H36N4O3. The summed E-state index contributed by atoms with van der Waals surface area (Å²) in [5.41, 5.74) is -0.498. The molecule has 3 N–H and O–H groups in total. The molecule has 0 aliphatic carbocycles. The van der Waals surface area contributed by atoms with Crippen LogP contribution >= 0.6 is 0 Å². The van der Waals surface area contributed by atoms with Crippen molar-refractivity contribution in [3.63, 3.8) is 0 Å². The van der Waals surface area contributed by atoms with E-state index < -0.39 is 5.60 Å². The Hall–Kier alpha value is -1.50. The van der Waals surface area contributed by atoms with Gasteiger partial charge in [0.25, 0.3) is 0 Å². The zero-order valence-electron chi connectivity index (χ0n) is 16.9. The van der Waals surface area contributed by atoms with Crippen molar-refractivity contribution >= 4 is 12.1 Å². The molecule has 150 valence electrons. The summed E-state index contributed by atoms with van der Waals surface area (Å²) in [7, 11) is 0. The Morgan fingerprint density at radius 1 is 1.31 bits per heavy atom. The minimum atomic E-state index is -0.498. The van der Waals surface area contributed by atoms with Crippen molar-refractivity contribution < 1.29 is 14.3 Å². The SMILES string of the molecule is CCCC(CN=C(NCC)NC1CC2CCC1O2)NC(=O)OC(C)(C)C. The second-order valence-electron chi connectivity index (χ2n) is 8.21. The van der Waals surface area contributed by atoms with Gasteiger partial charge in [-0.15, -0.1) is 0 Å². The van der Waals surface area contributed by atoms with Crippen molar-refractivity contribution in [2.45, 2.75) is 96.6 Å². The number of fused-ring (bicyclic) bond motifs is 2. The van der Waals surface area contributed by atoms with Gasteiger partial charge in [0, 0.05) is 6.54 Å². The molecule has 4 atom stereocenters. The second kappa shape index (κ2) is 9.44. The van der Waals surface area contributed by atoms with Crippen molar-refractivity contribution in [2.24, 2.45) is 4.99 Å². The first-order valence-electron chi connectivity index (χ1n) is 10.0. The summed E-state index contributed by atoms with van der Waals surface area (Å²) in [4.78, 5) is 16.7. The van der Waals surface area contributed by atoms with Crippen LogP contribution < -0.4 is 16.0 Å². The van der Waals surface area contributed by atoms with Gasteiger partial charge in [-0.3, -0.25) is 4.99 Å². The van der Waals surface area contributed by atoms with Gasteiger partial charge in [0.2, 0.25) is 0 Å². The summed E-state index contributed by atoms with van der Waals surface area (Å²) < 4.78 is 11.3. The Labute approximate surface area is 157 Å². The number of carbonyl (C=O) groups is 1. The highest BCUT2D eigenvalue weighted by atomic mass is 16.6. The molecule has 0 aromatic carbocycles. The largest absolute Gasteiger partial charge is 0.444 e. The first kappa shape index (κ1) is 20.8. The maximum absolute atomic E-state index is 12.1. The molecule has 2 aliphatic heterocycles. The van der Waals surface area contributed by atoms with Gasteiger partial charge in [0.1, 0.15) is 5.60 Å². The van der Waals surface area contributed by atoms with Gasteiger partial charge in [0.15, 0.2) is 5.96 Å². The molecule has 1 amide bonds. The van der Waals surface area contributed by atoms with Gasteiger partial charge in [0.05, 0.1) is 30.8 Å². The number of alkyl carbamates (subject to hydrolysis) is 1. The predicted molar refractivity (Wildman–Crippen MR) is 103 cm³/mol. The quantitative estimate of drug-likeness (QED) is 0.475. The van der Waals surface area contributed by atoms with Gasteiger partial charge in [-0.05, 0) is 53.4 Å². The van der Waals surface area contributed by atoms with Crippen molar-refractivity contribution in [3.05, 3.63) is 0 Å². The summed E-state index contributed by atoms with van der Waals surface area (Å²) in [6, 6.07) is 0.288. The van der Waals surface area contributed by atoms with Crippen LogP contribution in [-0.4, -0.2) is 55.0 Å². The lowest BCUT2D eigenvalue weighted by Crippen LogP contribution is -2.48. The highest BCUT2D eigenvalue weighted by molar-refractivity contribution is 5.80. The molecule has 7 nitrogen and oxygen atoms in total. The minimum Gasteiger partial charge on any atom is -0.444 e. The lowest BCUT2D eigenvalue weighted by Gasteiger charge is -2.24. The van der Waals surface area contributed by atoms with Gasteiger partial charge in [-0.1, -0.05) is 13.3 Å². The monoisotopic (exact) mass is 368 g/mol. The Morgan fingerprint density at radius 3 is 2.62 bits per heavy atom. The van der Waals surface area contributed by atoms with Crippen LogP contribution in [0.1, 0.15) is 66.7 Å². The molecule has 26 heavy (non-hydrogen) atoms. The summed E-state index contributed by atoms with van der Waals surface area (Å²) >= 11 is 0. The summed E-state index contributed by atoms with van der Waals surface area (Å²) in [6.45, 7) is 11.1. The normalized spacial score (nSPS) is 26.5. The third-order valence-electron chi connectivity index (χ3n) is 4.60. The molecule has 2 aliphatic rings. The highest BCUT2D eigenvalue weighted by Crippen LogP contribution is 2.34. The topological polar surface area (TPSA) is 84.0 Å². The average Bonchev–Trinajstić information content (AvgIpc) is 3.13. The minimum absolute atomic E-state index is 0.0402. The van der Waals surface area contributed by atoms with Crippen LogP contribution in [0.2, 0.25) is 0 Å². The number of ether oxygens (including phenoxy) is 2. The molecule has 0 aromatic heterocycles. The van der Waals surface area contributed by atoms with E-state index in [2.05, 4.69) is 29.8 Å². The van der Waals surface area contributed by atoms with E-state index in [1.807, 2.05) is 20.8 Å². The fourth-order valence-corrected chi connectivity index (χ4v) is 3.52. The van der Waals surface area contributed by atoms with Crippen LogP contribution in [0.4, 0.5) is 4.79 Å². The van der Waals surface area contributed by atoms with E-state index in [0.29, 0.717) is 24.8 Å². The highest BCUT2D eigenvalue weighted by Gasteiger charge is 2.41. The molecule has 0 saturated carbocycles. The van der Waals surface area contributed by atoms with E-state index in [9.17, 15) is 4.79 Å². The summed E-state index contributed by atoms with van der Waals surface area (Å²) in [5, 5.41) is 9.75. The number of nitrogens with one attached hydrogen (secondary N) is 3. The summed E-state index contributed by atoms with van der Waals surface area (Å²) in [6.07, 6.45) is 5.50. The molecule has 7 heteroatoms. The van der Waals surface area contributed by atoms with Gasteiger partial charge in [-0.25, -0.2) is 4.79 Å². The van der Waals surface area contributed by atoms with E-state index >= 15 is 0 Å². The van der Waals surface area contributed by atoms with Crippen molar-refractivity contribution in [3.8, 4) is 0 Å². The number of hydrogen-bond donors (Lipinski definition) is 3. The van der Waals surface area contributed by atoms with Crippen molar-refractivity contribution in [2.75, 3.05) is 13.1 Å². The Kier molecular flexibility index (Phi) is 7.55. The molecule has 4 unspecified atom stereocenters. The van der Waals surface area contributed by atoms with Crippen molar-refractivity contribution in [1.29, 1.82) is 0 Å². The van der Waals surface area contributed by atoms with Crippen LogP contribution in [0.5, 0.6) is 0 Å². The summed E-state index contributed by atoms with van der Waals surface area (Å²) in [5.74, 6) is 0.792. The van der Waals surface area contributed by atoms with E-state index in [1.165, 1.54) is 6.42 Å². The van der Waals surface area contributed by atoms with E-state index in [4.69, 9.17) is 14.5 Å². The Morgan fingerprint density at radius 2 is 2.08 bits per heavy atom. The van der Waals surface area contributed by atoms with Gasteiger partial charge in [-0.2, -0.15) is 0 Å². The third kappa shape index (κ3) is 6.67. The molecule has 2 rings (SSSR count). The molecule has 0 aromatic rings. The smallest absolute Gasteiger partial charge is 0.407 e. The second-order valence-corrected chi connectivity index (χ2v) is 8.21. The molecule has 2 fully saturated rings. The number of rotatable bonds is 7. The number of amides is 1. The fraction of sp³-hybridized carbons (Fsp3) is 0.895. The molecule has 0 spiro atoms. The zero-order valence-corrected chi connectivity index (χ0v) is 16.9. The molecule has 2 bridgehead atoms. The van der Waals surface area contributed by atoms with Gasteiger partial charge < -0.3 is 25.4 Å². The standard InChI is InChI=1S/C19H36N4O3/c1-6-8-13(22-18(24)26-19(3,4)5)12-21-17(20-7-2)23-15-11-14-9-10-16(15)25-14/h13-16H,6-12H2,1-5H3,(H,22,24)(H2,20,21,23). The number of hydrogen-bond acceptors (Lipinski definition) is 4. The average molecular weight is 369 g/mol. The first-order valence-corrected chi connectivity index (χ1v) is 10.0. The number of nitrogens with zero attached hydrogens (tertiary/aromatic N) is 1. The Bertz CT molecular complexity index is 490. The molecule has 2 saturated heterocycles. The maximum Gasteiger partial charge on any atom is 0.407 e. The zero-order chi connectivity index (χ0) is 19.2. The van der Waals surface area contributed by atoms with E-state index in [-0.39, 0.29) is 12.1 Å². The Balaban J connectivity index is 1.89. The van der Waals surface area contributed by atoms with Crippen molar-refractivity contribution in [1.82, 2.24) is 16.0 Å². The van der Waals surface area contributed by atoms with Crippen LogP contribution in [-0.2, 0) is 9.47 Å². The fourth-order valence-electron chi connectivity index (χ4n) is 3.52. The lowest BCUT2D eigenvalue weighted by atomic mass is 9.96. The lowest BCUT2D eigenvalue weighted by molar-refractivity contribution is 0.0503. The van der Waals surface area contributed by atoms with Crippen LogP contribution in [0.3, 0.4) is 0 Å². The number of guanidine groups is 1. The van der Waals surface area contributed by atoms with E-state index in [1.54, 1.807) is 0 Å². The van der Waals surface area contributed by atoms with Crippen LogP contribution in [0, 0.1) is 0 Å². The van der Waals surface area contributed by atoms with Crippen LogP contribution in [0.15, 0.2) is 4.99 Å². The molecular weight excluding hydrogens is 332 g/mol. The number of carbonyl (C=O) groups excluding carboxylic acids is 1. The predicted octanol–water partition coefficient (Wildman–Crippen LogP) is 2.55. The van der Waals surface area contributed by atoms with Gasteiger partial charge >= 0.3 is 6.09 Å².